The summed E-state index contributed by atoms with van der Waals surface area (Å²) in [5, 5.41) is 7.04. The fourth-order valence-corrected chi connectivity index (χ4v) is 2.32. The van der Waals surface area contributed by atoms with Crippen LogP contribution in [0.5, 0.6) is 0 Å². The lowest BCUT2D eigenvalue weighted by Gasteiger charge is -2.22. The minimum atomic E-state index is -0.185. The molecule has 2 amide bonds. The third-order valence-corrected chi connectivity index (χ3v) is 3.70. The molecule has 0 saturated heterocycles. The van der Waals surface area contributed by atoms with Crippen molar-refractivity contribution in [1.29, 1.82) is 0 Å². The SMILES string of the molecule is CC(C)c1cc(CN(C)C(=O)C2=C(N(C)C=O)NCN2C)no1. The summed E-state index contributed by atoms with van der Waals surface area (Å²) >= 11 is 0. The van der Waals surface area contributed by atoms with Crippen molar-refractivity contribution in [2.45, 2.75) is 26.3 Å². The molecule has 0 aliphatic carbocycles. The highest BCUT2D eigenvalue weighted by molar-refractivity contribution is 5.94. The molecule has 0 atom stereocenters. The Morgan fingerprint density at radius 2 is 2.22 bits per heavy atom. The molecule has 0 unspecified atom stereocenters. The summed E-state index contributed by atoms with van der Waals surface area (Å²) in [6.07, 6.45) is 0.668. The zero-order valence-corrected chi connectivity index (χ0v) is 14.2. The van der Waals surface area contributed by atoms with Crippen LogP contribution in [0, 0.1) is 0 Å². The van der Waals surface area contributed by atoms with Crippen molar-refractivity contribution < 1.29 is 14.1 Å². The van der Waals surface area contributed by atoms with Gasteiger partial charge in [-0.3, -0.25) is 9.59 Å². The van der Waals surface area contributed by atoms with Gasteiger partial charge in [-0.25, -0.2) is 0 Å². The second-order valence-corrected chi connectivity index (χ2v) is 5.98. The van der Waals surface area contributed by atoms with Gasteiger partial charge in [0.25, 0.3) is 5.91 Å². The van der Waals surface area contributed by atoms with E-state index in [1.54, 1.807) is 30.9 Å². The highest BCUT2D eigenvalue weighted by Gasteiger charge is 2.30. The Labute approximate surface area is 135 Å². The number of carbonyl (C=O) groups excluding carboxylic acids is 2. The van der Waals surface area contributed by atoms with Gasteiger partial charge in [-0.15, -0.1) is 0 Å². The molecule has 0 radical (unpaired) electrons. The second kappa shape index (κ2) is 6.72. The molecule has 1 aliphatic rings. The van der Waals surface area contributed by atoms with Gasteiger partial charge in [-0.2, -0.15) is 0 Å². The minimum Gasteiger partial charge on any atom is -0.361 e. The number of carbonyl (C=O) groups is 2. The van der Waals surface area contributed by atoms with Crippen molar-refractivity contribution in [3.05, 3.63) is 29.0 Å². The van der Waals surface area contributed by atoms with Crippen molar-refractivity contribution in [2.75, 3.05) is 27.8 Å². The van der Waals surface area contributed by atoms with E-state index < -0.39 is 0 Å². The predicted octanol–water partition coefficient (Wildman–Crippen LogP) is 0.506. The molecule has 1 aromatic heterocycles. The van der Waals surface area contributed by atoms with E-state index in [-0.39, 0.29) is 11.8 Å². The maximum Gasteiger partial charge on any atom is 0.274 e. The van der Waals surface area contributed by atoms with E-state index in [4.69, 9.17) is 4.52 Å². The Bertz CT molecular complexity index is 622. The first kappa shape index (κ1) is 16.9. The molecular formula is C15H23N5O3. The molecule has 1 aliphatic heterocycles. The Kier molecular flexibility index (Phi) is 4.92. The van der Waals surface area contributed by atoms with E-state index in [1.807, 2.05) is 19.9 Å². The molecule has 1 N–H and O–H groups in total. The van der Waals surface area contributed by atoms with Gasteiger partial charge in [0.05, 0.1) is 13.2 Å². The molecule has 2 heterocycles. The second-order valence-electron chi connectivity index (χ2n) is 5.98. The molecular weight excluding hydrogens is 298 g/mol. The van der Waals surface area contributed by atoms with Crippen molar-refractivity contribution in [3.63, 3.8) is 0 Å². The van der Waals surface area contributed by atoms with Gasteiger partial charge >= 0.3 is 0 Å². The molecule has 0 saturated carbocycles. The van der Waals surface area contributed by atoms with Crippen LogP contribution in [0.3, 0.4) is 0 Å². The highest BCUT2D eigenvalue weighted by Crippen LogP contribution is 2.19. The van der Waals surface area contributed by atoms with Crippen LogP contribution in [0.25, 0.3) is 0 Å². The van der Waals surface area contributed by atoms with E-state index in [0.29, 0.717) is 36.8 Å². The number of rotatable bonds is 6. The fourth-order valence-electron chi connectivity index (χ4n) is 2.32. The van der Waals surface area contributed by atoms with Crippen molar-refractivity contribution >= 4 is 12.3 Å². The van der Waals surface area contributed by atoms with Crippen LogP contribution in [-0.2, 0) is 16.1 Å². The third kappa shape index (κ3) is 3.46. The van der Waals surface area contributed by atoms with Crippen LogP contribution >= 0.6 is 0 Å². The number of hydrogen-bond acceptors (Lipinski definition) is 6. The highest BCUT2D eigenvalue weighted by atomic mass is 16.5. The van der Waals surface area contributed by atoms with E-state index in [9.17, 15) is 9.59 Å². The molecule has 0 spiro atoms. The summed E-state index contributed by atoms with van der Waals surface area (Å²) in [6.45, 7) is 4.85. The topological polar surface area (TPSA) is 81.9 Å². The molecule has 1 aromatic rings. The molecule has 0 aromatic carbocycles. The normalized spacial score (nSPS) is 14.3. The maximum absolute atomic E-state index is 12.7. The Morgan fingerprint density at radius 1 is 1.52 bits per heavy atom. The zero-order chi connectivity index (χ0) is 17.1. The van der Waals surface area contributed by atoms with Crippen LogP contribution in [0.1, 0.15) is 31.2 Å². The summed E-state index contributed by atoms with van der Waals surface area (Å²) in [5.41, 5.74) is 1.15. The molecule has 2 rings (SSSR count). The summed E-state index contributed by atoms with van der Waals surface area (Å²) in [6, 6.07) is 1.86. The average molecular weight is 321 g/mol. The number of hydrogen-bond donors (Lipinski definition) is 1. The first-order chi connectivity index (χ1) is 10.8. The van der Waals surface area contributed by atoms with Crippen LogP contribution in [-0.4, -0.2) is 60.0 Å². The fraction of sp³-hybridized carbons (Fsp3) is 0.533. The van der Waals surface area contributed by atoms with Crippen molar-refractivity contribution in [2.24, 2.45) is 0 Å². The molecule has 0 bridgehead atoms. The third-order valence-electron chi connectivity index (χ3n) is 3.70. The monoisotopic (exact) mass is 321 g/mol. The van der Waals surface area contributed by atoms with Gasteiger partial charge in [0.15, 0.2) is 0 Å². The number of nitrogens with zero attached hydrogens (tertiary/aromatic N) is 4. The maximum atomic E-state index is 12.7. The number of nitrogens with one attached hydrogen (secondary N) is 1. The Hall–Kier alpha value is -2.51. The predicted molar refractivity (Wildman–Crippen MR) is 83.7 cm³/mol. The molecule has 8 heteroatoms. The standard InChI is InChI=1S/C15H23N5O3/c1-10(2)12-6-11(17-23-12)7-18(3)15(22)13-14(20(5)9-21)16-8-19(13)4/h6,9-10,16H,7-8H2,1-5H3. The largest absolute Gasteiger partial charge is 0.361 e. The number of likely N-dealkylation sites (N-methyl/N-ethyl adjacent to an activating group) is 2. The van der Waals surface area contributed by atoms with Gasteiger partial charge in [0.2, 0.25) is 6.41 Å². The molecule has 23 heavy (non-hydrogen) atoms. The van der Waals surface area contributed by atoms with Crippen LogP contribution in [0.2, 0.25) is 0 Å². The summed E-state index contributed by atoms with van der Waals surface area (Å²) < 4.78 is 5.25. The minimum absolute atomic E-state index is 0.185. The Morgan fingerprint density at radius 3 is 2.78 bits per heavy atom. The average Bonchev–Trinajstić information content (AvgIpc) is 3.12. The molecule has 8 nitrogen and oxygen atoms in total. The van der Waals surface area contributed by atoms with E-state index in [1.165, 1.54) is 4.90 Å². The Balaban J connectivity index is 2.15. The van der Waals surface area contributed by atoms with Crippen LogP contribution in [0.15, 0.2) is 22.1 Å². The van der Waals surface area contributed by atoms with Gasteiger partial charge in [0.1, 0.15) is 23.0 Å². The van der Waals surface area contributed by atoms with Gasteiger partial charge < -0.3 is 24.5 Å². The van der Waals surface area contributed by atoms with E-state index in [2.05, 4.69) is 10.5 Å². The zero-order valence-electron chi connectivity index (χ0n) is 14.2. The number of aromatic nitrogens is 1. The number of amides is 2. The van der Waals surface area contributed by atoms with Crippen LogP contribution in [0.4, 0.5) is 0 Å². The summed E-state index contributed by atoms with van der Waals surface area (Å²) in [4.78, 5) is 28.4. The summed E-state index contributed by atoms with van der Waals surface area (Å²) in [5.74, 6) is 1.36. The van der Waals surface area contributed by atoms with Gasteiger partial charge in [-0.1, -0.05) is 19.0 Å². The smallest absolute Gasteiger partial charge is 0.274 e. The molecule has 126 valence electrons. The first-order valence-corrected chi connectivity index (χ1v) is 7.43. The van der Waals surface area contributed by atoms with Crippen molar-refractivity contribution in [3.8, 4) is 0 Å². The molecule has 0 fully saturated rings. The van der Waals surface area contributed by atoms with E-state index in [0.717, 1.165) is 5.76 Å². The van der Waals surface area contributed by atoms with Gasteiger partial charge in [0, 0.05) is 33.1 Å². The van der Waals surface area contributed by atoms with Crippen LogP contribution < -0.4 is 5.32 Å². The van der Waals surface area contributed by atoms with Crippen molar-refractivity contribution in [1.82, 2.24) is 25.2 Å². The quantitative estimate of drug-likeness (QED) is 0.769. The van der Waals surface area contributed by atoms with E-state index >= 15 is 0 Å². The van der Waals surface area contributed by atoms with Gasteiger partial charge in [-0.05, 0) is 0 Å². The lowest BCUT2D eigenvalue weighted by atomic mass is 10.1. The lowest BCUT2D eigenvalue weighted by Crippen LogP contribution is -2.34. The summed E-state index contributed by atoms with van der Waals surface area (Å²) in [7, 11) is 5.10. The lowest BCUT2D eigenvalue weighted by molar-refractivity contribution is -0.127. The first-order valence-electron chi connectivity index (χ1n) is 7.43.